The molecule has 1 fully saturated rings. The number of nitrogens with zero attached hydrogens (tertiary/aromatic N) is 1. The average Bonchev–Trinajstić information content (AvgIpc) is 2.98. The summed E-state index contributed by atoms with van der Waals surface area (Å²) in [6.45, 7) is 0.898. The molecule has 1 aromatic carbocycles. The van der Waals surface area contributed by atoms with Crippen molar-refractivity contribution in [2.45, 2.75) is 18.9 Å². The van der Waals surface area contributed by atoms with Crippen LogP contribution in [0, 0.1) is 5.92 Å². The summed E-state index contributed by atoms with van der Waals surface area (Å²) in [5.74, 6) is -1.47. The molecule has 2 heterocycles. The van der Waals surface area contributed by atoms with Crippen molar-refractivity contribution in [3.63, 3.8) is 0 Å². The molecule has 1 aromatic heterocycles. The summed E-state index contributed by atoms with van der Waals surface area (Å²) >= 11 is 0. The Kier molecular flexibility index (Phi) is 4.44. The van der Waals surface area contributed by atoms with Crippen LogP contribution in [0.5, 0.6) is 5.75 Å². The smallest absolute Gasteiger partial charge is 0.325 e. The van der Waals surface area contributed by atoms with Gasteiger partial charge in [-0.2, -0.15) is 0 Å². The minimum Gasteiger partial charge on any atom is -0.497 e. The molecule has 0 spiro atoms. The third kappa shape index (κ3) is 2.94. The van der Waals surface area contributed by atoms with Gasteiger partial charge in [-0.15, -0.1) is 0 Å². The number of benzene rings is 1. The number of aliphatic carboxylic acids is 2. The minimum absolute atomic E-state index is 0.390. The van der Waals surface area contributed by atoms with Crippen molar-refractivity contribution in [3.05, 3.63) is 30.0 Å². The molecule has 1 aliphatic heterocycles. The van der Waals surface area contributed by atoms with Crippen LogP contribution in [0.3, 0.4) is 0 Å². The van der Waals surface area contributed by atoms with Crippen molar-refractivity contribution < 1.29 is 24.5 Å². The van der Waals surface area contributed by atoms with Gasteiger partial charge in [-0.3, -0.25) is 14.5 Å². The molecule has 0 bridgehead atoms. The lowest BCUT2D eigenvalue weighted by molar-refractivity contribution is -0.146. The monoisotopic (exact) mass is 332 g/mol. The molecule has 1 saturated heterocycles. The molecule has 0 unspecified atom stereocenters. The first-order chi connectivity index (χ1) is 11.5. The molecule has 0 saturated carbocycles. The molecule has 0 amide bonds. The number of H-pyrrole nitrogens is 1. The van der Waals surface area contributed by atoms with E-state index in [4.69, 9.17) is 9.84 Å². The second kappa shape index (κ2) is 6.52. The van der Waals surface area contributed by atoms with E-state index in [0.29, 0.717) is 37.2 Å². The van der Waals surface area contributed by atoms with Gasteiger partial charge < -0.3 is 19.9 Å². The van der Waals surface area contributed by atoms with E-state index in [9.17, 15) is 14.7 Å². The van der Waals surface area contributed by atoms with Gasteiger partial charge >= 0.3 is 11.9 Å². The van der Waals surface area contributed by atoms with Gasteiger partial charge in [-0.1, -0.05) is 0 Å². The highest BCUT2D eigenvalue weighted by molar-refractivity contribution is 5.90. The summed E-state index contributed by atoms with van der Waals surface area (Å²) in [7, 11) is 1.57. The largest absolute Gasteiger partial charge is 0.497 e. The second-order valence-electron chi connectivity index (χ2n) is 6.04. The fraction of sp³-hybridized carbons (Fsp3) is 0.412. The number of ether oxygens (including phenoxy) is 1. The van der Waals surface area contributed by atoms with E-state index in [2.05, 4.69) is 4.98 Å². The number of carboxylic acids is 2. The SMILES string of the molecule is COc1ccc2[nH]cc([C@@H](C(=O)O)N3CCC(C(=O)O)CC3)c2c1. The van der Waals surface area contributed by atoms with Crippen LogP contribution in [0.2, 0.25) is 0 Å². The molecule has 128 valence electrons. The van der Waals surface area contributed by atoms with E-state index < -0.39 is 23.9 Å². The maximum absolute atomic E-state index is 11.9. The highest BCUT2D eigenvalue weighted by Gasteiger charge is 2.34. The number of carboxylic acid groups (broad SMARTS) is 2. The van der Waals surface area contributed by atoms with Crippen LogP contribution in [0.4, 0.5) is 0 Å². The summed E-state index contributed by atoms with van der Waals surface area (Å²) < 4.78 is 5.23. The number of hydrogen-bond acceptors (Lipinski definition) is 4. The van der Waals surface area contributed by atoms with Gasteiger partial charge in [0.1, 0.15) is 11.8 Å². The first-order valence-electron chi connectivity index (χ1n) is 7.86. The maximum Gasteiger partial charge on any atom is 0.325 e. The summed E-state index contributed by atoms with van der Waals surface area (Å²) in [5.41, 5.74) is 1.52. The van der Waals surface area contributed by atoms with Crippen LogP contribution < -0.4 is 4.74 Å². The van der Waals surface area contributed by atoms with E-state index in [1.165, 1.54) is 0 Å². The number of nitrogens with one attached hydrogen (secondary N) is 1. The molecule has 0 radical (unpaired) electrons. The molecule has 3 N–H and O–H groups in total. The Hall–Kier alpha value is -2.54. The molecular formula is C17H20N2O5. The van der Waals surface area contributed by atoms with E-state index in [1.807, 2.05) is 23.1 Å². The van der Waals surface area contributed by atoms with Gasteiger partial charge in [0.15, 0.2) is 0 Å². The lowest BCUT2D eigenvalue weighted by atomic mass is 9.94. The number of hydrogen-bond donors (Lipinski definition) is 3. The molecule has 7 nitrogen and oxygen atoms in total. The minimum atomic E-state index is -0.938. The second-order valence-corrected chi connectivity index (χ2v) is 6.04. The third-order valence-electron chi connectivity index (χ3n) is 4.69. The van der Waals surface area contributed by atoms with Crippen LogP contribution in [0.25, 0.3) is 10.9 Å². The summed E-state index contributed by atoms with van der Waals surface area (Å²) in [6, 6.07) is 4.69. The Balaban J connectivity index is 1.92. The Morgan fingerprint density at radius 1 is 1.29 bits per heavy atom. The van der Waals surface area contributed by atoms with Gasteiger partial charge in [0.25, 0.3) is 0 Å². The summed E-state index contributed by atoms with van der Waals surface area (Å²) in [6.07, 6.45) is 2.64. The van der Waals surface area contributed by atoms with Gasteiger partial charge in [-0.25, -0.2) is 0 Å². The van der Waals surface area contributed by atoms with Gasteiger partial charge in [0, 0.05) is 35.8 Å². The standard InChI is InChI=1S/C17H20N2O5/c1-24-11-2-3-14-12(8-11)13(9-18-14)15(17(22)23)19-6-4-10(5-7-19)16(20)21/h2-3,8-10,15,18H,4-7H2,1H3,(H,20,21)(H,22,23)/t15-/m0/s1. The number of fused-ring (bicyclic) bond motifs is 1. The van der Waals surface area contributed by atoms with Gasteiger partial charge in [-0.05, 0) is 31.0 Å². The van der Waals surface area contributed by atoms with E-state index in [1.54, 1.807) is 13.3 Å². The van der Waals surface area contributed by atoms with Crippen LogP contribution >= 0.6 is 0 Å². The van der Waals surface area contributed by atoms with Crippen LogP contribution in [0.15, 0.2) is 24.4 Å². The zero-order valence-corrected chi connectivity index (χ0v) is 13.4. The zero-order chi connectivity index (χ0) is 17.3. The molecule has 3 rings (SSSR count). The van der Waals surface area contributed by atoms with Crippen molar-refractivity contribution in [1.29, 1.82) is 0 Å². The van der Waals surface area contributed by atoms with Crippen molar-refractivity contribution in [1.82, 2.24) is 9.88 Å². The lowest BCUT2D eigenvalue weighted by Crippen LogP contribution is -2.41. The maximum atomic E-state index is 11.9. The number of likely N-dealkylation sites (tertiary alicyclic amines) is 1. The molecule has 7 heteroatoms. The predicted molar refractivity (Wildman–Crippen MR) is 87.2 cm³/mol. The molecule has 2 aromatic rings. The molecule has 1 atom stereocenters. The average molecular weight is 332 g/mol. The van der Waals surface area contributed by atoms with E-state index in [0.717, 1.165) is 10.9 Å². The number of methoxy groups -OCH3 is 1. The van der Waals surface area contributed by atoms with Gasteiger partial charge in [0.2, 0.25) is 0 Å². The molecule has 24 heavy (non-hydrogen) atoms. The van der Waals surface area contributed by atoms with E-state index >= 15 is 0 Å². The Labute approximate surface area is 138 Å². The number of carbonyl (C=O) groups is 2. The first kappa shape index (κ1) is 16.3. The number of rotatable bonds is 5. The topological polar surface area (TPSA) is 103 Å². The highest BCUT2D eigenvalue weighted by atomic mass is 16.5. The zero-order valence-electron chi connectivity index (χ0n) is 13.4. The normalized spacial score (nSPS) is 17.7. The fourth-order valence-electron chi connectivity index (χ4n) is 3.37. The highest BCUT2D eigenvalue weighted by Crippen LogP contribution is 2.33. The number of piperidine rings is 1. The first-order valence-corrected chi connectivity index (χ1v) is 7.86. The number of aromatic amines is 1. The molecular weight excluding hydrogens is 312 g/mol. The summed E-state index contributed by atoms with van der Waals surface area (Å²) in [5, 5.41) is 19.7. The molecule has 0 aliphatic carbocycles. The fourth-order valence-corrected chi connectivity index (χ4v) is 3.37. The molecule has 1 aliphatic rings. The number of aromatic nitrogens is 1. The Morgan fingerprint density at radius 2 is 2.00 bits per heavy atom. The Bertz CT molecular complexity index is 761. The Morgan fingerprint density at radius 3 is 2.58 bits per heavy atom. The van der Waals surface area contributed by atoms with Crippen LogP contribution in [-0.2, 0) is 9.59 Å². The van der Waals surface area contributed by atoms with Gasteiger partial charge in [0.05, 0.1) is 13.0 Å². The van der Waals surface area contributed by atoms with Crippen molar-refractivity contribution in [3.8, 4) is 5.75 Å². The van der Waals surface area contributed by atoms with Crippen molar-refractivity contribution >= 4 is 22.8 Å². The van der Waals surface area contributed by atoms with Crippen molar-refractivity contribution in [2.24, 2.45) is 5.92 Å². The van der Waals surface area contributed by atoms with Crippen LogP contribution in [0.1, 0.15) is 24.4 Å². The predicted octanol–water partition coefficient (Wildman–Crippen LogP) is 2.10. The van der Waals surface area contributed by atoms with Crippen molar-refractivity contribution in [2.75, 3.05) is 20.2 Å². The van der Waals surface area contributed by atoms with E-state index in [-0.39, 0.29) is 0 Å². The quantitative estimate of drug-likeness (QED) is 0.775. The third-order valence-corrected chi connectivity index (χ3v) is 4.69. The van der Waals surface area contributed by atoms with Crippen LogP contribution in [-0.4, -0.2) is 52.2 Å². The summed E-state index contributed by atoms with van der Waals surface area (Å²) in [4.78, 5) is 27.9. The lowest BCUT2D eigenvalue weighted by Gasteiger charge is -2.34.